The first kappa shape index (κ1) is 12.8. The third-order valence-corrected chi connectivity index (χ3v) is 3.83. The van der Waals surface area contributed by atoms with E-state index in [2.05, 4.69) is 5.32 Å². The number of aliphatic hydroxyl groups is 1. The number of hydrogen-bond donors (Lipinski definition) is 2. The van der Waals surface area contributed by atoms with E-state index in [4.69, 9.17) is 11.6 Å². The molecule has 2 N–H and O–H groups in total. The average molecular weight is 258 g/mol. The van der Waals surface area contributed by atoms with E-state index in [9.17, 15) is 9.50 Å². The van der Waals surface area contributed by atoms with E-state index in [1.807, 2.05) is 13.0 Å². The van der Waals surface area contributed by atoms with Crippen molar-refractivity contribution in [3.05, 3.63) is 34.6 Å². The zero-order valence-corrected chi connectivity index (χ0v) is 10.6. The molecule has 0 bridgehead atoms. The lowest BCUT2D eigenvalue weighted by Gasteiger charge is -2.19. The zero-order valence-electron chi connectivity index (χ0n) is 9.84. The van der Waals surface area contributed by atoms with Gasteiger partial charge in [-0.1, -0.05) is 17.7 Å². The van der Waals surface area contributed by atoms with Crippen LogP contribution in [0.2, 0.25) is 5.02 Å². The Balaban J connectivity index is 1.95. The summed E-state index contributed by atoms with van der Waals surface area (Å²) in [5.41, 5.74) is 0.944. The second kappa shape index (κ2) is 4.92. The van der Waals surface area contributed by atoms with Crippen molar-refractivity contribution in [1.82, 2.24) is 5.32 Å². The highest BCUT2D eigenvalue weighted by molar-refractivity contribution is 6.30. The van der Waals surface area contributed by atoms with Crippen LogP contribution in [0.5, 0.6) is 0 Å². The van der Waals surface area contributed by atoms with Crippen LogP contribution in [0.25, 0.3) is 0 Å². The number of hydrogen-bond acceptors (Lipinski definition) is 2. The van der Waals surface area contributed by atoms with Gasteiger partial charge >= 0.3 is 0 Å². The number of rotatable bonds is 5. The maximum absolute atomic E-state index is 13.3. The molecule has 1 aliphatic rings. The van der Waals surface area contributed by atoms with Gasteiger partial charge in [-0.2, -0.15) is 0 Å². The summed E-state index contributed by atoms with van der Waals surface area (Å²) in [5, 5.41) is 12.7. The fraction of sp³-hybridized carbons (Fsp3) is 0.538. The largest absolute Gasteiger partial charge is 0.396 e. The Morgan fingerprint density at radius 2 is 2.24 bits per heavy atom. The van der Waals surface area contributed by atoms with Gasteiger partial charge in [0.15, 0.2) is 0 Å². The van der Waals surface area contributed by atoms with Crippen molar-refractivity contribution in [3.8, 4) is 0 Å². The van der Waals surface area contributed by atoms with Crippen molar-refractivity contribution in [1.29, 1.82) is 0 Å². The van der Waals surface area contributed by atoms with Crippen molar-refractivity contribution < 1.29 is 9.50 Å². The normalized spacial score (nSPS) is 19.1. The zero-order chi connectivity index (χ0) is 12.5. The highest BCUT2D eigenvalue weighted by Crippen LogP contribution is 2.44. The fourth-order valence-corrected chi connectivity index (χ4v) is 1.95. The Morgan fingerprint density at radius 3 is 2.76 bits per heavy atom. The van der Waals surface area contributed by atoms with Crippen LogP contribution >= 0.6 is 11.6 Å². The second-order valence-corrected chi connectivity index (χ2v) is 5.34. The summed E-state index contributed by atoms with van der Waals surface area (Å²) in [6.07, 6.45) is 2.14. The Hall–Kier alpha value is -0.640. The monoisotopic (exact) mass is 257 g/mol. The molecule has 0 aromatic heterocycles. The van der Waals surface area contributed by atoms with Gasteiger partial charge in [-0.3, -0.25) is 0 Å². The molecule has 1 atom stereocenters. The molecule has 1 fully saturated rings. The van der Waals surface area contributed by atoms with Crippen LogP contribution in [-0.4, -0.2) is 18.3 Å². The first-order valence-electron chi connectivity index (χ1n) is 5.85. The molecule has 17 heavy (non-hydrogen) atoms. The topological polar surface area (TPSA) is 32.3 Å². The standard InChI is InChI=1S/C13H17ClFNO/c1-9(16-7-13(8-17)4-5-13)10-2-3-11(14)12(15)6-10/h2-3,6,9,16-17H,4-5,7-8H2,1H3. The molecule has 0 saturated heterocycles. The van der Waals surface area contributed by atoms with Crippen LogP contribution in [-0.2, 0) is 0 Å². The molecule has 2 rings (SSSR count). The molecule has 0 amide bonds. The third-order valence-electron chi connectivity index (χ3n) is 3.52. The molecule has 0 heterocycles. The molecule has 94 valence electrons. The first-order chi connectivity index (χ1) is 8.06. The van der Waals surface area contributed by atoms with Crippen LogP contribution < -0.4 is 5.32 Å². The highest BCUT2D eigenvalue weighted by Gasteiger charge is 2.41. The lowest BCUT2D eigenvalue weighted by atomic mass is 10.1. The number of nitrogens with one attached hydrogen (secondary N) is 1. The average Bonchev–Trinajstić information content (AvgIpc) is 3.10. The van der Waals surface area contributed by atoms with E-state index in [-0.39, 0.29) is 28.9 Å². The van der Waals surface area contributed by atoms with Crippen molar-refractivity contribution in [2.45, 2.75) is 25.8 Å². The van der Waals surface area contributed by atoms with Crippen LogP contribution in [0.1, 0.15) is 31.4 Å². The number of halogens is 2. The lowest BCUT2D eigenvalue weighted by Crippen LogP contribution is -2.28. The van der Waals surface area contributed by atoms with Gasteiger partial charge in [0.2, 0.25) is 0 Å². The van der Waals surface area contributed by atoms with E-state index in [1.54, 1.807) is 6.07 Å². The van der Waals surface area contributed by atoms with E-state index >= 15 is 0 Å². The smallest absolute Gasteiger partial charge is 0.142 e. The van der Waals surface area contributed by atoms with Crippen LogP contribution in [0.4, 0.5) is 4.39 Å². The summed E-state index contributed by atoms with van der Waals surface area (Å²) in [6, 6.07) is 4.91. The summed E-state index contributed by atoms with van der Waals surface area (Å²) in [6.45, 7) is 2.98. The summed E-state index contributed by atoms with van der Waals surface area (Å²) in [4.78, 5) is 0. The van der Waals surface area contributed by atoms with Gasteiger partial charge in [0.25, 0.3) is 0 Å². The van der Waals surface area contributed by atoms with Gasteiger partial charge in [0.1, 0.15) is 5.82 Å². The second-order valence-electron chi connectivity index (χ2n) is 4.93. The maximum Gasteiger partial charge on any atom is 0.142 e. The van der Waals surface area contributed by atoms with E-state index in [1.165, 1.54) is 6.07 Å². The van der Waals surface area contributed by atoms with Crippen molar-refractivity contribution >= 4 is 11.6 Å². The molecule has 1 unspecified atom stereocenters. The molecule has 0 radical (unpaired) electrons. The molecule has 1 aromatic rings. The molecule has 4 heteroatoms. The van der Waals surface area contributed by atoms with Crippen molar-refractivity contribution in [3.63, 3.8) is 0 Å². The summed E-state index contributed by atoms with van der Waals surface area (Å²) >= 11 is 5.64. The molecule has 1 saturated carbocycles. The molecule has 1 aliphatic carbocycles. The highest BCUT2D eigenvalue weighted by atomic mass is 35.5. The van der Waals surface area contributed by atoms with Crippen LogP contribution in [0.15, 0.2) is 18.2 Å². The lowest BCUT2D eigenvalue weighted by molar-refractivity contribution is 0.204. The predicted molar refractivity (Wildman–Crippen MR) is 66.6 cm³/mol. The molecule has 1 aromatic carbocycles. The molecular formula is C13H17ClFNO. The molecule has 0 spiro atoms. The summed E-state index contributed by atoms with van der Waals surface area (Å²) < 4.78 is 13.3. The van der Waals surface area contributed by atoms with E-state index < -0.39 is 0 Å². The van der Waals surface area contributed by atoms with Crippen molar-refractivity contribution in [2.75, 3.05) is 13.2 Å². The minimum absolute atomic E-state index is 0.0609. The maximum atomic E-state index is 13.3. The van der Waals surface area contributed by atoms with E-state index in [0.717, 1.165) is 24.9 Å². The van der Waals surface area contributed by atoms with E-state index in [0.29, 0.717) is 0 Å². The van der Waals surface area contributed by atoms with Gasteiger partial charge in [-0.15, -0.1) is 0 Å². The molecule has 2 nitrogen and oxygen atoms in total. The summed E-state index contributed by atoms with van der Waals surface area (Å²) in [5.74, 6) is -0.388. The Bertz CT molecular complexity index is 406. The SMILES string of the molecule is CC(NCC1(CO)CC1)c1ccc(Cl)c(F)c1. The predicted octanol–water partition coefficient (Wildman–Crippen LogP) is 2.90. The Kier molecular flexibility index (Phi) is 3.71. The molecule has 0 aliphatic heterocycles. The number of aliphatic hydroxyl groups excluding tert-OH is 1. The van der Waals surface area contributed by atoms with Gasteiger partial charge in [-0.05, 0) is 37.5 Å². The third kappa shape index (κ3) is 2.97. The van der Waals surface area contributed by atoms with Crippen LogP contribution in [0.3, 0.4) is 0 Å². The molecular weight excluding hydrogens is 241 g/mol. The van der Waals surface area contributed by atoms with Crippen molar-refractivity contribution in [2.24, 2.45) is 5.41 Å². The van der Waals surface area contributed by atoms with Gasteiger partial charge in [0, 0.05) is 24.6 Å². The minimum Gasteiger partial charge on any atom is -0.396 e. The minimum atomic E-state index is -0.388. The van der Waals surface area contributed by atoms with Crippen LogP contribution in [0, 0.1) is 11.2 Å². The first-order valence-corrected chi connectivity index (χ1v) is 6.23. The number of benzene rings is 1. The Morgan fingerprint density at radius 1 is 1.53 bits per heavy atom. The van der Waals surface area contributed by atoms with Gasteiger partial charge in [0.05, 0.1) is 5.02 Å². The summed E-state index contributed by atoms with van der Waals surface area (Å²) in [7, 11) is 0. The fourth-order valence-electron chi connectivity index (χ4n) is 1.84. The van der Waals surface area contributed by atoms with Gasteiger partial charge < -0.3 is 10.4 Å². The van der Waals surface area contributed by atoms with Gasteiger partial charge in [-0.25, -0.2) is 4.39 Å². The quantitative estimate of drug-likeness (QED) is 0.850. The Labute approximate surface area is 106 Å².